The molecule has 7 nitrogen and oxygen atoms in total. The number of ether oxygens (including phenoxy) is 4. The van der Waals surface area contributed by atoms with Gasteiger partial charge in [0.1, 0.15) is 12.4 Å². The molecule has 0 saturated carbocycles. The first-order valence-corrected chi connectivity index (χ1v) is 9.04. The lowest BCUT2D eigenvalue weighted by atomic mass is 10.2. The number of benzene rings is 2. The van der Waals surface area contributed by atoms with E-state index in [1.54, 1.807) is 0 Å². The lowest BCUT2D eigenvalue weighted by molar-refractivity contribution is 0.112. The Morgan fingerprint density at radius 1 is 1.15 bits per heavy atom. The zero-order valence-corrected chi connectivity index (χ0v) is 14.9. The first kappa shape index (κ1) is 17.5. The molecule has 0 aromatic heterocycles. The van der Waals surface area contributed by atoms with Crippen molar-refractivity contribution in [2.24, 2.45) is 0 Å². The van der Waals surface area contributed by atoms with E-state index in [0.29, 0.717) is 30.3 Å². The molecule has 2 aromatic carbocycles. The summed E-state index contributed by atoms with van der Waals surface area (Å²) in [5, 5.41) is 5.68. The van der Waals surface area contributed by atoms with Crippen molar-refractivity contribution in [3.05, 3.63) is 48.0 Å². The Balaban J connectivity index is 1.28. The van der Waals surface area contributed by atoms with Crippen molar-refractivity contribution in [1.82, 2.24) is 5.32 Å². The van der Waals surface area contributed by atoms with Crippen molar-refractivity contribution >= 4 is 11.7 Å². The summed E-state index contributed by atoms with van der Waals surface area (Å²) < 4.78 is 21.9. The van der Waals surface area contributed by atoms with Crippen LogP contribution in [-0.2, 0) is 11.3 Å². The molecule has 142 valence electrons. The smallest absolute Gasteiger partial charge is 0.319 e. The van der Waals surface area contributed by atoms with Gasteiger partial charge in [-0.25, -0.2) is 4.79 Å². The summed E-state index contributed by atoms with van der Waals surface area (Å²) in [4.78, 5) is 12.0. The van der Waals surface area contributed by atoms with Crippen LogP contribution >= 0.6 is 0 Å². The molecule has 1 atom stereocenters. The number of carbonyl (C=O) groups excluding carboxylic acids is 1. The first-order chi connectivity index (χ1) is 13.3. The monoisotopic (exact) mass is 370 g/mol. The highest BCUT2D eigenvalue weighted by atomic mass is 16.7. The van der Waals surface area contributed by atoms with Gasteiger partial charge >= 0.3 is 6.03 Å². The summed E-state index contributed by atoms with van der Waals surface area (Å²) in [6.07, 6.45) is 2.17. The molecule has 2 aliphatic rings. The molecule has 0 aliphatic carbocycles. The normalized spacial score (nSPS) is 17.6. The van der Waals surface area contributed by atoms with Gasteiger partial charge in [-0.1, -0.05) is 12.1 Å². The van der Waals surface area contributed by atoms with E-state index in [4.69, 9.17) is 18.9 Å². The predicted molar refractivity (Wildman–Crippen MR) is 99.3 cm³/mol. The average Bonchev–Trinajstić information content (AvgIpc) is 3.36. The van der Waals surface area contributed by atoms with Crippen molar-refractivity contribution < 1.29 is 23.7 Å². The SMILES string of the molecule is O=C(NC[C@H]1CCCO1)Nc1cccc(COc2ccc3c(c2)OCO3)c1. The third kappa shape index (κ3) is 4.62. The maximum Gasteiger partial charge on any atom is 0.319 e. The van der Waals surface area contributed by atoms with Gasteiger partial charge in [0, 0.05) is 24.9 Å². The van der Waals surface area contributed by atoms with Crippen LogP contribution in [0.5, 0.6) is 17.2 Å². The topological polar surface area (TPSA) is 78.1 Å². The largest absolute Gasteiger partial charge is 0.489 e. The molecular formula is C20H22N2O5. The highest BCUT2D eigenvalue weighted by Gasteiger charge is 2.16. The third-order valence-electron chi connectivity index (χ3n) is 4.45. The van der Waals surface area contributed by atoms with Gasteiger partial charge in [-0.15, -0.1) is 0 Å². The molecular weight excluding hydrogens is 348 g/mol. The maximum atomic E-state index is 12.0. The molecule has 4 rings (SSSR count). The molecule has 7 heteroatoms. The number of rotatable bonds is 6. The summed E-state index contributed by atoms with van der Waals surface area (Å²) in [5.41, 5.74) is 1.66. The molecule has 1 fully saturated rings. The fourth-order valence-electron chi connectivity index (χ4n) is 3.06. The summed E-state index contributed by atoms with van der Waals surface area (Å²) in [7, 11) is 0. The minimum Gasteiger partial charge on any atom is -0.489 e. The molecule has 2 aliphatic heterocycles. The van der Waals surface area contributed by atoms with Gasteiger partial charge in [0.2, 0.25) is 6.79 Å². The second-order valence-electron chi connectivity index (χ2n) is 6.47. The zero-order chi connectivity index (χ0) is 18.5. The minimum atomic E-state index is -0.237. The Labute approximate surface area is 157 Å². The van der Waals surface area contributed by atoms with Crippen molar-refractivity contribution in [2.75, 3.05) is 25.3 Å². The van der Waals surface area contributed by atoms with Crippen LogP contribution in [0.3, 0.4) is 0 Å². The van der Waals surface area contributed by atoms with E-state index in [1.807, 2.05) is 42.5 Å². The maximum absolute atomic E-state index is 12.0. The van der Waals surface area contributed by atoms with Crippen molar-refractivity contribution in [3.8, 4) is 17.2 Å². The third-order valence-corrected chi connectivity index (χ3v) is 4.45. The standard InChI is InChI=1S/C20H22N2O5/c23-20(21-11-17-5-2-8-24-17)22-15-4-1-3-14(9-15)12-25-16-6-7-18-19(10-16)27-13-26-18/h1,3-4,6-7,9-10,17H,2,5,8,11-13H2,(H2,21,22,23)/t17-/m1/s1. The molecule has 2 N–H and O–H groups in total. The lowest BCUT2D eigenvalue weighted by Gasteiger charge is -2.12. The molecule has 0 unspecified atom stereocenters. The van der Waals surface area contributed by atoms with Gasteiger partial charge in [0.25, 0.3) is 0 Å². The second kappa shape index (κ2) is 8.18. The molecule has 0 bridgehead atoms. The molecule has 0 spiro atoms. The number of carbonyl (C=O) groups is 1. The van der Waals surface area contributed by atoms with Crippen LogP contribution in [0.25, 0.3) is 0 Å². The summed E-state index contributed by atoms with van der Waals surface area (Å²) in [6.45, 7) is 1.92. The van der Waals surface area contributed by atoms with Crippen molar-refractivity contribution in [2.45, 2.75) is 25.6 Å². The fourth-order valence-corrected chi connectivity index (χ4v) is 3.06. The van der Waals surface area contributed by atoms with Gasteiger partial charge in [-0.05, 0) is 42.7 Å². The molecule has 0 radical (unpaired) electrons. The molecule has 2 aromatic rings. The second-order valence-corrected chi connectivity index (χ2v) is 6.47. The van der Waals surface area contributed by atoms with E-state index in [0.717, 1.165) is 30.8 Å². The number of urea groups is 1. The van der Waals surface area contributed by atoms with E-state index in [9.17, 15) is 4.79 Å². The Morgan fingerprint density at radius 3 is 2.96 bits per heavy atom. The highest BCUT2D eigenvalue weighted by molar-refractivity contribution is 5.89. The van der Waals surface area contributed by atoms with Crippen molar-refractivity contribution in [1.29, 1.82) is 0 Å². The van der Waals surface area contributed by atoms with Crippen LogP contribution in [0.2, 0.25) is 0 Å². The van der Waals surface area contributed by atoms with Crippen LogP contribution in [0, 0.1) is 0 Å². The van der Waals surface area contributed by atoms with E-state index in [-0.39, 0.29) is 18.9 Å². The van der Waals surface area contributed by atoms with Crippen molar-refractivity contribution in [3.63, 3.8) is 0 Å². The number of amides is 2. The average molecular weight is 370 g/mol. The summed E-state index contributed by atoms with van der Waals surface area (Å²) >= 11 is 0. The van der Waals surface area contributed by atoms with E-state index in [1.165, 1.54) is 0 Å². The quantitative estimate of drug-likeness (QED) is 0.816. The number of hydrogen-bond donors (Lipinski definition) is 2. The highest BCUT2D eigenvalue weighted by Crippen LogP contribution is 2.35. The van der Waals surface area contributed by atoms with Crippen LogP contribution in [0.4, 0.5) is 10.5 Å². The van der Waals surface area contributed by atoms with E-state index in [2.05, 4.69) is 10.6 Å². The fraction of sp³-hybridized carbons (Fsp3) is 0.350. The number of hydrogen-bond acceptors (Lipinski definition) is 5. The van der Waals surface area contributed by atoms with Gasteiger partial charge in [0.05, 0.1) is 6.10 Å². The van der Waals surface area contributed by atoms with Gasteiger partial charge in [-0.3, -0.25) is 0 Å². The molecule has 2 heterocycles. The van der Waals surface area contributed by atoms with E-state index >= 15 is 0 Å². The number of anilines is 1. The summed E-state index contributed by atoms with van der Waals surface area (Å²) in [5.74, 6) is 2.11. The van der Waals surface area contributed by atoms with Crippen LogP contribution in [0.1, 0.15) is 18.4 Å². The summed E-state index contributed by atoms with van der Waals surface area (Å²) in [6, 6.07) is 12.8. The molecule has 1 saturated heterocycles. The Morgan fingerprint density at radius 2 is 2.07 bits per heavy atom. The zero-order valence-electron chi connectivity index (χ0n) is 14.9. The van der Waals surface area contributed by atoms with Crippen LogP contribution in [-0.4, -0.2) is 32.1 Å². The van der Waals surface area contributed by atoms with Gasteiger partial charge < -0.3 is 29.6 Å². The minimum absolute atomic E-state index is 0.122. The molecule has 2 amide bonds. The molecule has 27 heavy (non-hydrogen) atoms. The Kier molecular flexibility index (Phi) is 5.29. The first-order valence-electron chi connectivity index (χ1n) is 9.04. The Bertz CT molecular complexity index is 805. The van der Waals surface area contributed by atoms with Crippen LogP contribution in [0.15, 0.2) is 42.5 Å². The predicted octanol–water partition coefficient (Wildman–Crippen LogP) is 3.29. The number of fused-ring (bicyclic) bond motifs is 1. The van der Waals surface area contributed by atoms with Crippen LogP contribution < -0.4 is 24.8 Å². The Hall–Kier alpha value is -2.93. The van der Waals surface area contributed by atoms with Gasteiger partial charge in [-0.2, -0.15) is 0 Å². The number of nitrogens with one attached hydrogen (secondary N) is 2. The lowest BCUT2D eigenvalue weighted by Crippen LogP contribution is -2.35. The van der Waals surface area contributed by atoms with Gasteiger partial charge in [0.15, 0.2) is 11.5 Å². The van der Waals surface area contributed by atoms with E-state index < -0.39 is 0 Å².